The monoisotopic (exact) mass is 636 g/mol. The molecular weight excluding hydrogens is 599 g/mol. The van der Waals surface area contributed by atoms with Gasteiger partial charge in [-0.05, 0) is 45.0 Å². The Morgan fingerprint density at radius 3 is 2.56 bits per heavy atom. The van der Waals surface area contributed by atoms with Gasteiger partial charge in [0.05, 0.1) is 19.3 Å². The molecule has 0 bridgehead atoms. The van der Waals surface area contributed by atoms with Gasteiger partial charge in [0.25, 0.3) is 11.8 Å². The summed E-state index contributed by atoms with van der Waals surface area (Å²) in [6.45, 7) is 5.48. The van der Waals surface area contributed by atoms with Gasteiger partial charge in [-0.1, -0.05) is 36.4 Å². The quantitative estimate of drug-likeness (QED) is 0.152. The maximum absolute atomic E-state index is 13.7. The Kier molecular flexibility index (Phi) is 9.71. The molecule has 14 heteroatoms. The Morgan fingerprint density at radius 2 is 1.82 bits per heavy atom. The minimum Gasteiger partial charge on any atom is -0.462 e. The zero-order chi connectivity index (χ0) is 32.1. The first-order chi connectivity index (χ1) is 21.5. The molecule has 45 heavy (non-hydrogen) atoms. The number of hydrogen-bond acceptors (Lipinski definition) is 8. The summed E-state index contributed by atoms with van der Waals surface area (Å²) < 4.78 is 30.2. The minimum atomic E-state index is -4.08. The largest absolute Gasteiger partial charge is 0.462 e. The lowest BCUT2D eigenvalue weighted by Gasteiger charge is -2.27. The average Bonchev–Trinajstić information content (AvgIpc) is 3.64. The molecule has 5 rings (SSSR count). The highest BCUT2D eigenvalue weighted by Crippen LogP contribution is 2.44. The highest BCUT2D eigenvalue weighted by Gasteiger charge is 2.34. The SMILES string of the molecule is CC(C)OC(=O)[C@H](C)NP(=O)(OCCN(C)C(=O)c1n[nH]c2c1CN(C(=O)c1cc3ccccc3[nH]1)CC2)Oc1ccccc1. The van der Waals surface area contributed by atoms with E-state index in [0.717, 1.165) is 16.6 Å². The lowest BCUT2D eigenvalue weighted by atomic mass is 10.0. The van der Waals surface area contributed by atoms with E-state index in [0.29, 0.717) is 24.2 Å². The van der Waals surface area contributed by atoms with E-state index in [1.54, 1.807) is 56.1 Å². The van der Waals surface area contributed by atoms with E-state index in [4.69, 9.17) is 13.8 Å². The number of H-pyrrole nitrogens is 2. The molecule has 0 radical (unpaired) electrons. The van der Waals surface area contributed by atoms with Gasteiger partial charge in [0.15, 0.2) is 5.69 Å². The Hall–Kier alpha value is -4.45. The maximum Gasteiger partial charge on any atom is 0.459 e. The molecule has 0 spiro atoms. The summed E-state index contributed by atoms with van der Waals surface area (Å²) in [5.41, 5.74) is 3.01. The lowest BCUT2D eigenvalue weighted by Crippen LogP contribution is -2.38. The van der Waals surface area contributed by atoms with Crippen LogP contribution in [-0.2, 0) is 31.6 Å². The maximum atomic E-state index is 13.7. The van der Waals surface area contributed by atoms with Crippen molar-refractivity contribution in [2.45, 2.75) is 45.9 Å². The number of esters is 1. The van der Waals surface area contributed by atoms with Crippen molar-refractivity contribution in [3.05, 3.63) is 83.3 Å². The van der Waals surface area contributed by atoms with Gasteiger partial charge >= 0.3 is 13.7 Å². The van der Waals surface area contributed by atoms with Crippen molar-refractivity contribution in [1.29, 1.82) is 0 Å². The summed E-state index contributed by atoms with van der Waals surface area (Å²) in [5.74, 6) is -0.891. The first-order valence-electron chi connectivity index (χ1n) is 14.7. The molecule has 0 fully saturated rings. The van der Waals surface area contributed by atoms with E-state index in [-0.39, 0.29) is 43.2 Å². The summed E-state index contributed by atoms with van der Waals surface area (Å²) in [6.07, 6.45) is 0.167. The first-order valence-corrected chi connectivity index (χ1v) is 16.2. The molecule has 3 heterocycles. The summed E-state index contributed by atoms with van der Waals surface area (Å²) in [5, 5.41) is 10.8. The van der Waals surface area contributed by atoms with Crippen LogP contribution >= 0.6 is 7.75 Å². The van der Waals surface area contributed by atoms with Crippen LogP contribution in [0.3, 0.4) is 0 Å². The number of nitrogens with zero attached hydrogens (tertiary/aromatic N) is 3. The average molecular weight is 637 g/mol. The van der Waals surface area contributed by atoms with Gasteiger partial charge in [0, 0.05) is 48.7 Å². The number of para-hydroxylation sites is 2. The molecule has 1 unspecified atom stereocenters. The van der Waals surface area contributed by atoms with Gasteiger partial charge in [-0.25, -0.2) is 4.57 Å². The van der Waals surface area contributed by atoms with Crippen molar-refractivity contribution >= 4 is 36.4 Å². The summed E-state index contributed by atoms with van der Waals surface area (Å²) in [6, 6.07) is 16.9. The Morgan fingerprint density at radius 1 is 1.09 bits per heavy atom. The van der Waals surface area contributed by atoms with E-state index in [2.05, 4.69) is 20.3 Å². The molecule has 2 aromatic carbocycles. The predicted octanol–water partition coefficient (Wildman–Crippen LogP) is 4.29. The number of amides is 2. The van der Waals surface area contributed by atoms with Gasteiger partial charge in [0.1, 0.15) is 17.5 Å². The van der Waals surface area contributed by atoms with Crippen molar-refractivity contribution in [2.24, 2.45) is 0 Å². The minimum absolute atomic E-state index is 0.0345. The molecule has 2 aromatic heterocycles. The third kappa shape index (κ3) is 7.62. The summed E-state index contributed by atoms with van der Waals surface area (Å²) in [7, 11) is -2.51. The van der Waals surface area contributed by atoms with Gasteiger partial charge in [-0.15, -0.1) is 0 Å². The van der Waals surface area contributed by atoms with E-state index < -0.39 is 25.7 Å². The van der Waals surface area contributed by atoms with Crippen molar-refractivity contribution in [3.8, 4) is 5.75 Å². The number of rotatable bonds is 12. The van der Waals surface area contributed by atoms with Crippen LogP contribution in [0.1, 0.15) is 53.0 Å². The number of likely N-dealkylation sites (N-methyl/N-ethyl adjacent to an activating group) is 1. The van der Waals surface area contributed by atoms with E-state index in [1.165, 1.54) is 11.8 Å². The zero-order valence-electron chi connectivity index (χ0n) is 25.6. The molecular formula is C31H37N6O7P. The number of ether oxygens (including phenoxy) is 1. The molecule has 13 nitrogen and oxygen atoms in total. The summed E-state index contributed by atoms with van der Waals surface area (Å²) in [4.78, 5) is 45.4. The highest BCUT2D eigenvalue weighted by molar-refractivity contribution is 7.52. The smallest absolute Gasteiger partial charge is 0.459 e. The van der Waals surface area contributed by atoms with Crippen molar-refractivity contribution in [1.82, 2.24) is 30.1 Å². The number of carbonyl (C=O) groups excluding carboxylic acids is 3. The van der Waals surface area contributed by atoms with Crippen LogP contribution in [-0.4, -0.2) is 81.7 Å². The Labute approximate surface area is 260 Å². The molecule has 0 saturated heterocycles. The first kappa shape index (κ1) is 32.0. The number of aromatic amines is 2. The lowest BCUT2D eigenvalue weighted by molar-refractivity contribution is -0.149. The number of nitrogens with one attached hydrogen (secondary N) is 3. The number of fused-ring (bicyclic) bond motifs is 2. The van der Waals surface area contributed by atoms with Gasteiger partial charge in [0.2, 0.25) is 0 Å². The van der Waals surface area contributed by atoms with Crippen LogP contribution in [0, 0.1) is 0 Å². The van der Waals surface area contributed by atoms with Crippen LogP contribution in [0.5, 0.6) is 5.75 Å². The second-order valence-electron chi connectivity index (χ2n) is 11.1. The fourth-order valence-electron chi connectivity index (χ4n) is 4.92. The molecule has 0 aliphatic carbocycles. The third-order valence-corrected chi connectivity index (χ3v) is 8.92. The number of hydrogen-bond donors (Lipinski definition) is 3. The molecule has 1 aliphatic rings. The fraction of sp³-hybridized carbons (Fsp3) is 0.355. The van der Waals surface area contributed by atoms with E-state index >= 15 is 0 Å². The molecule has 0 saturated carbocycles. The normalized spacial score (nSPS) is 14.9. The van der Waals surface area contributed by atoms with Gasteiger partial charge < -0.3 is 24.0 Å². The number of benzene rings is 2. The molecule has 4 aromatic rings. The van der Waals surface area contributed by atoms with Crippen molar-refractivity contribution < 1.29 is 32.7 Å². The van der Waals surface area contributed by atoms with Gasteiger partial charge in [-0.2, -0.15) is 10.2 Å². The molecule has 238 valence electrons. The standard InChI is InChI=1S/C31H37N6O7P/c1-20(2)43-31(40)21(3)35-45(41,44-23-11-6-5-7-12-23)42-17-16-36(4)30(39)28-24-19-37(15-14-26(24)33-34-28)29(38)27-18-22-10-8-9-13-25(22)32-27/h5-13,18,20-21,32H,14-17,19H2,1-4H3,(H,33,34)(H,35,41)/t21-,45?/m0/s1. The topological polar surface area (TPSA) is 159 Å². The second-order valence-corrected chi connectivity index (χ2v) is 12.8. The van der Waals surface area contributed by atoms with Crippen molar-refractivity contribution in [2.75, 3.05) is 26.7 Å². The summed E-state index contributed by atoms with van der Waals surface area (Å²) >= 11 is 0. The predicted molar refractivity (Wildman–Crippen MR) is 167 cm³/mol. The van der Waals surface area contributed by atoms with Crippen LogP contribution in [0.2, 0.25) is 0 Å². The molecule has 2 amide bonds. The van der Waals surface area contributed by atoms with Crippen LogP contribution < -0.4 is 9.61 Å². The van der Waals surface area contributed by atoms with Crippen molar-refractivity contribution in [3.63, 3.8) is 0 Å². The Bertz CT molecular complexity index is 1690. The Balaban J connectivity index is 1.23. The fourth-order valence-corrected chi connectivity index (χ4v) is 6.40. The second kappa shape index (κ2) is 13.7. The van der Waals surface area contributed by atoms with Crippen LogP contribution in [0.15, 0.2) is 60.7 Å². The number of aromatic nitrogens is 3. The van der Waals surface area contributed by atoms with Crippen LogP contribution in [0.4, 0.5) is 0 Å². The molecule has 3 N–H and O–H groups in total. The zero-order valence-corrected chi connectivity index (χ0v) is 26.5. The molecule has 1 aliphatic heterocycles. The third-order valence-electron chi connectivity index (χ3n) is 7.24. The van der Waals surface area contributed by atoms with E-state index in [1.807, 2.05) is 30.3 Å². The van der Waals surface area contributed by atoms with Crippen LogP contribution in [0.25, 0.3) is 10.9 Å². The molecule has 2 atom stereocenters. The highest BCUT2D eigenvalue weighted by atomic mass is 31.2. The van der Waals surface area contributed by atoms with E-state index in [9.17, 15) is 18.9 Å². The van der Waals surface area contributed by atoms with Gasteiger partial charge in [-0.3, -0.25) is 24.0 Å². The number of carbonyl (C=O) groups is 3.